The summed E-state index contributed by atoms with van der Waals surface area (Å²) < 4.78 is 1.24. The number of ketones is 1. The molecule has 0 saturated heterocycles. The predicted octanol–water partition coefficient (Wildman–Crippen LogP) is 2.61. The van der Waals surface area contributed by atoms with Gasteiger partial charge >= 0.3 is 0 Å². The molecule has 1 heterocycles. The molecule has 0 aliphatic carbocycles. The van der Waals surface area contributed by atoms with Crippen LogP contribution in [0.4, 0.5) is 0 Å². The van der Waals surface area contributed by atoms with Gasteiger partial charge in [-0.3, -0.25) is 4.79 Å². The van der Waals surface area contributed by atoms with Crippen LogP contribution < -0.4 is 5.32 Å². The maximum absolute atomic E-state index is 11.8. The minimum Gasteiger partial charge on any atom is -0.313 e. The summed E-state index contributed by atoms with van der Waals surface area (Å²) in [5, 5.41) is 6.14. The topological polar surface area (TPSA) is 29.1 Å². The molecule has 0 radical (unpaired) electrons. The summed E-state index contributed by atoms with van der Waals surface area (Å²) in [6.45, 7) is 2.41. The van der Waals surface area contributed by atoms with Gasteiger partial charge in [0, 0.05) is 10.3 Å². The van der Waals surface area contributed by atoms with E-state index in [4.69, 9.17) is 0 Å². The lowest BCUT2D eigenvalue weighted by Gasteiger charge is -2.05. The molecule has 1 aromatic carbocycles. The standard InChI is InChI=1S/C12H13NOS/c1-8-9(11(14)7-13-2)3-4-12-10(8)5-6-15-12/h3-6,13H,7H2,1-2H3. The van der Waals surface area contributed by atoms with Crippen molar-refractivity contribution in [2.75, 3.05) is 13.6 Å². The maximum Gasteiger partial charge on any atom is 0.176 e. The van der Waals surface area contributed by atoms with Crippen LogP contribution in [-0.4, -0.2) is 19.4 Å². The Morgan fingerprint density at radius 2 is 2.20 bits per heavy atom. The van der Waals surface area contributed by atoms with Crippen molar-refractivity contribution >= 4 is 27.2 Å². The van der Waals surface area contributed by atoms with Crippen molar-refractivity contribution in [2.45, 2.75) is 6.92 Å². The van der Waals surface area contributed by atoms with Crippen molar-refractivity contribution in [3.8, 4) is 0 Å². The van der Waals surface area contributed by atoms with E-state index in [0.29, 0.717) is 6.54 Å². The molecule has 1 aromatic heterocycles. The molecule has 0 unspecified atom stereocenters. The van der Waals surface area contributed by atoms with Crippen LogP contribution in [0.25, 0.3) is 10.1 Å². The number of rotatable bonds is 3. The summed E-state index contributed by atoms with van der Waals surface area (Å²) in [5.41, 5.74) is 1.92. The average Bonchev–Trinajstić information content (AvgIpc) is 2.67. The average molecular weight is 219 g/mol. The zero-order valence-electron chi connectivity index (χ0n) is 8.83. The molecule has 0 aliphatic heterocycles. The molecule has 0 amide bonds. The highest BCUT2D eigenvalue weighted by atomic mass is 32.1. The number of carbonyl (C=O) groups excluding carboxylic acids is 1. The second kappa shape index (κ2) is 4.13. The molecule has 1 N–H and O–H groups in total. The van der Waals surface area contributed by atoms with Gasteiger partial charge in [-0.15, -0.1) is 11.3 Å². The van der Waals surface area contributed by atoms with E-state index >= 15 is 0 Å². The summed E-state index contributed by atoms with van der Waals surface area (Å²) in [4.78, 5) is 11.8. The molecular weight excluding hydrogens is 206 g/mol. The highest BCUT2D eigenvalue weighted by Gasteiger charge is 2.10. The molecule has 0 saturated carbocycles. The number of Topliss-reactive ketones (excluding diaryl/α,β-unsaturated/α-hetero) is 1. The van der Waals surface area contributed by atoms with Gasteiger partial charge in [0.2, 0.25) is 0 Å². The SMILES string of the molecule is CNCC(=O)c1ccc2sccc2c1C. The van der Waals surface area contributed by atoms with Crippen LogP contribution in [0, 0.1) is 6.92 Å². The fraction of sp³-hybridized carbons (Fsp3) is 0.250. The first-order valence-corrected chi connectivity index (χ1v) is 5.76. The molecule has 0 fully saturated rings. The van der Waals surface area contributed by atoms with Crippen molar-refractivity contribution < 1.29 is 4.79 Å². The molecule has 15 heavy (non-hydrogen) atoms. The summed E-state index contributed by atoms with van der Waals surface area (Å²) >= 11 is 1.71. The third kappa shape index (κ3) is 1.80. The first kappa shape index (κ1) is 10.3. The number of nitrogens with one attached hydrogen (secondary N) is 1. The first-order valence-electron chi connectivity index (χ1n) is 4.88. The Kier molecular flexibility index (Phi) is 2.84. The van der Waals surface area contributed by atoms with Crippen molar-refractivity contribution in [1.29, 1.82) is 0 Å². The number of thiophene rings is 1. The number of hydrogen-bond acceptors (Lipinski definition) is 3. The van der Waals surface area contributed by atoms with Crippen molar-refractivity contribution in [3.05, 3.63) is 34.7 Å². The maximum atomic E-state index is 11.8. The van der Waals surface area contributed by atoms with Crippen LogP contribution in [0.1, 0.15) is 15.9 Å². The molecule has 2 rings (SSSR count). The molecule has 3 heteroatoms. The van der Waals surface area contributed by atoms with E-state index < -0.39 is 0 Å². The van der Waals surface area contributed by atoms with Gasteiger partial charge in [-0.05, 0) is 48.5 Å². The lowest BCUT2D eigenvalue weighted by atomic mass is 10.0. The van der Waals surface area contributed by atoms with Crippen LogP contribution in [-0.2, 0) is 0 Å². The van der Waals surface area contributed by atoms with Crippen LogP contribution in [0.2, 0.25) is 0 Å². The number of likely N-dealkylation sites (N-methyl/N-ethyl adjacent to an activating group) is 1. The molecule has 0 aliphatic rings. The smallest absolute Gasteiger partial charge is 0.176 e. The predicted molar refractivity (Wildman–Crippen MR) is 64.8 cm³/mol. The number of fused-ring (bicyclic) bond motifs is 1. The number of benzene rings is 1. The molecular formula is C12H13NOS. The van der Waals surface area contributed by atoms with Gasteiger partial charge in [0.15, 0.2) is 5.78 Å². The Balaban J connectivity index is 2.52. The third-order valence-corrected chi connectivity index (χ3v) is 3.42. The van der Waals surface area contributed by atoms with Gasteiger partial charge in [-0.2, -0.15) is 0 Å². The number of aryl methyl sites for hydroxylation is 1. The van der Waals surface area contributed by atoms with E-state index in [1.165, 1.54) is 10.1 Å². The van der Waals surface area contributed by atoms with E-state index in [0.717, 1.165) is 11.1 Å². The van der Waals surface area contributed by atoms with Crippen molar-refractivity contribution in [2.24, 2.45) is 0 Å². The molecule has 0 atom stereocenters. The number of hydrogen-bond donors (Lipinski definition) is 1. The summed E-state index contributed by atoms with van der Waals surface area (Å²) in [7, 11) is 1.79. The van der Waals surface area contributed by atoms with E-state index in [1.54, 1.807) is 18.4 Å². The zero-order valence-corrected chi connectivity index (χ0v) is 9.65. The van der Waals surface area contributed by atoms with E-state index in [1.807, 2.05) is 19.1 Å². The molecule has 0 spiro atoms. The fourth-order valence-electron chi connectivity index (χ4n) is 1.75. The van der Waals surface area contributed by atoms with Crippen LogP contribution in [0.3, 0.4) is 0 Å². The number of carbonyl (C=O) groups is 1. The molecule has 2 aromatic rings. The second-order valence-corrected chi connectivity index (χ2v) is 4.47. The Morgan fingerprint density at radius 1 is 1.40 bits per heavy atom. The van der Waals surface area contributed by atoms with E-state index in [-0.39, 0.29) is 5.78 Å². The minimum absolute atomic E-state index is 0.156. The van der Waals surface area contributed by atoms with Gasteiger partial charge in [-0.1, -0.05) is 0 Å². The molecule has 2 nitrogen and oxygen atoms in total. The highest BCUT2D eigenvalue weighted by Crippen LogP contribution is 2.26. The second-order valence-electron chi connectivity index (χ2n) is 3.52. The van der Waals surface area contributed by atoms with E-state index in [9.17, 15) is 4.79 Å². The Morgan fingerprint density at radius 3 is 2.93 bits per heavy atom. The van der Waals surface area contributed by atoms with Gasteiger partial charge in [0.25, 0.3) is 0 Å². The Bertz CT molecular complexity index is 501. The first-order chi connectivity index (χ1) is 7.24. The molecule has 78 valence electrons. The lowest BCUT2D eigenvalue weighted by molar-refractivity contribution is 0.0993. The van der Waals surface area contributed by atoms with Gasteiger partial charge in [0.1, 0.15) is 0 Å². The Hall–Kier alpha value is -1.19. The van der Waals surface area contributed by atoms with Crippen LogP contribution in [0.5, 0.6) is 0 Å². The van der Waals surface area contributed by atoms with Crippen molar-refractivity contribution in [1.82, 2.24) is 5.32 Å². The summed E-state index contributed by atoms with van der Waals surface area (Å²) in [6, 6.07) is 6.02. The van der Waals surface area contributed by atoms with Gasteiger partial charge < -0.3 is 5.32 Å². The monoisotopic (exact) mass is 219 g/mol. The van der Waals surface area contributed by atoms with Gasteiger partial charge in [-0.25, -0.2) is 0 Å². The lowest BCUT2D eigenvalue weighted by Crippen LogP contribution is -2.19. The highest BCUT2D eigenvalue weighted by molar-refractivity contribution is 7.17. The van der Waals surface area contributed by atoms with Crippen LogP contribution >= 0.6 is 11.3 Å². The minimum atomic E-state index is 0.156. The largest absolute Gasteiger partial charge is 0.313 e. The summed E-state index contributed by atoms with van der Waals surface area (Å²) in [6.07, 6.45) is 0. The quantitative estimate of drug-likeness (QED) is 0.804. The third-order valence-electron chi connectivity index (χ3n) is 2.54. The molecule has 0 bridgehead atoms. The van der Waals surface area contributed by atoms with Crippen LogP contribution in [0.15, 0.2) is 23.6 Å². The fourth-order valence-corrected chi connectivity index (χ4v) is 2.59. The Labute approximate surface area is 92.9 Å². The zero-order chi connectivity index (χ0) is 10.8. The van der Waals surface area contributed by atoms with Gasteiger partial charge in [0.05, 0.1) is 6.54 Å². The van der Waals surface area contributed by atoms with Crippen molar-refractivity contribution in [3.63, 3.8) is 0 Å². The normalized spacial score (nSPS) is 10.8. The van der Waals surface area contributed by atoms with E-state index in [2.05, 4.69) is 16.8 Å². The summed E-state index contributed by atoms with van der Waals surface area (Å²) in [5.74, 6) is 0.156.